The fraction of sp³-hybridized carbons (Fsp3) is 0.455. The quantitative estimate of drug-likeness (QED) is 0.856. The number of amides is 1. The van der Waals surface area contributed by atoms with Gasteiger partial charge < -0.3 is 15.8 Å². The number of carbonyl (C=O) groups excluding carboxylic acids is 1. The van der Waals surface area contributed by atoms with Crippen molar-refractivity contribution in [1.29, 1.82) is 0 Å². The molecule has 1 aromatic rings. The molecule has 94 valence electrons. The molecule has 0 radical (unpaired) electrons. The number of nitrogens with one attached hydrogen (secondary N) is 1. The van der Waals surface area contributed by atoms with Crippen LogP contribution < -0.4 is 11.1 Å². The first-order valence-electron chi connectivity index (χ1n) is 5.10. The van der Waals surface area contributed by atoms with Gasteiger partial charge in [-0.2, -0.15) is 0 Å². The topological polar surface area (TPSA) is 77.2 Å². The first kappa shape index (κ1) is 13.7. The normalized spacial score (nSPS) is 11.3. The predicted molar refractivity (Wildman–Crippen MR) is 67.1 cm³/mol. The molecule has 6 heteroatoms. The highest BCUT2D eigenvalue weighted by atomic mass is 35.5. The van der Waals surface area contributed by atoms with Crippen LogP contribution in [0.3, 0.4) is 0 Å². The van der Waals surface area contributed by atoms with E-state index in [4.69, 9.17) is 22.1 Å². The summed E-state index contributed by atoms with van der Waals surface area (Å²) < 4.78 is 5.19. The summed E-state index contributed by atoms with van der Waals surface area (Å²) in [6.07, 6.45) is 1.39. The summed E-state index contributed by atoms with van der Waals surface area (Å²) in [5.74, 6) is -0.0510. The molecule has 3 N–H and O–H groups in total. The molecule has 0 aromatic carbocycles. The van der Waals surface area contributed by atoms with Gasteiger partial charge in [-0.05, 0) is 19.9 Å². The molecule has 1 rings (SSSR count). The van der Waals surface area contributed by atoms with Crippen molar-refractivity contribution in [2.24, 2.45) is 0 Å². The Hall–Kier alpha value is -1.33. The summed E-state index contributed by atoms with van der Waals surface area (Å²) in [6.45, 7) is 4.15. The van der Waals surface area contributed by atoms with Crippen LogP contribution in [0.25, 0.3) is 0 Å². The van der Waals surface area contributed by atoms with E-state index in [1.54, 1.807) is 7.11 Å². The first-order chi connectivity index (χ1) is 7.85. The lowest BCUT2D eigenvalue weighted by molar-refractivity contribution is 0.0228. The Labute approximate surface area is 105 Å². The number of halogens is 1. The van der Waals surface area contributed by atoms with E-state index < -0.39 is 5.60 Å². The van der Waals surface area contributed by atoms with E-state index in [0.29, 0.717) is 12.1 Å². The lowest BCUT2D eigenvalue weighted by Crippen LogP contribution is -2.39. The molecule has 0 unspecified atom stereocenters. The minimum atomic E-state index is -0.416. The minimum Gasteiger partial charge on any atom is -0.382 e. The Morgan fingerprint density at radius 1 is 1.65 bits per heavy atom. The highest BCUT2D eigenvalue weighted by molar-refractivity contribution is 6.33. The lowest BCUT2D eigenvalue weighted by Gasteiger charge is -2.23. The van der Waals surface area contributed by atoms with Gasteiger partial charge in [-0.1, -0.05) is 11.6 Å². The van der Waals surface area contributed by atoms with Gasteiger partial charge in [0, 0.05) is 19.9 Å². The second-order valence-corrected chi connectivity index (χ2v) is 4.64. The Bertz CT molecular complexity index is 421. The van der Waals surface area contributed by atoms with Crippen molar-refractivity contribution in [3.63, 3.8) is 0 Å². The van der Waals surface area contributed by atoms with Gasteiger partial charge >= 0.3 is 0 Å². The van der Waals surface area contributed by atoms with E-state index in [2.05, 4.69) is 10.3 Å². The van der Waals surface area contributed by atoms with Crippen LogP contribution in [0.4, 0.5) is 5.82 Å². The Kier molecular flexibility index (Phi) is 4.31. The van der Waals surface area contributed by atoms with E-state index in [9.17, 15) is 4.79 Å². The molecule has 0 saturated carbocycles. The third-order valence-corrected chi connectivity index (χ3v) is 2.66. The lowest BCUT2D eigenvalue weighted by atomic mass is 10.1. The molecule has 1 aromatic heterocycles. The number of hydrogen-bond donors (Lipinski definition) is 2. The summed E-state index contributed by atoms with van der Waals surface area (Å²) in [7, 11) is 1.59. The number of hydrogen-bond acceptors (Lipinski definition) is 4. The summed E-state index contributed by atoms with van der Waals surface area (Å²) in [5.41, 5.74) is 5.41. The number of ether oxygens (including phenoxy) is 1. The Morgan fingerprint density at radius 3 is 2.82 bits per heavy atom. The molecule has 0 aliphatic heterocycles. The maximum atomic E-state index is 11.8. The van der Waals surface area contributed by atoms with Crippen molar-refractivity contribution < 1.29 is 9.53 Å². The average molecular weight is 258 g/mol. The molecule has 0 saturated heterocycles. The number of methoxy groups -OCH3 is 1. The van der Waals surface area contributed by atoms with Gasteiger partial charge in [0.15, 0.2) is 0 Å². The predicted octanol–water partition coefficient (Wildman–Crippen LogP) is 1.47. The largest absolute Gasteiger partial charge is 0.382 e. The van der Waals surface area contributed by atoms with Crippen LogP contribution in [0.2, 0.25) is 5.02 Å². The zero-order valence-corrected chi connectivity index (χ0v) is 10.8. The molecular formula is C11H16ClN3O2. The van der Waals surface area contributed by atoms with Crippen molar-refractivity contribution in [3.8, 4) is 0 Å². The van der Waals surface area contributed by atoms with Gasteiger partial charge in [0.1, 0.15) is 5.82 Å². The van der Waals surface area contributed by atoms with Crippen molar-refractivity contribution in [3.05, 3.63) is 22.8 Å². The highest BCUT2D eigenvalue weighted by Gasteiger charge is 2.18. The maximum Gasteiger partial charge on any atom is 0.253 e. The first-order valence-corrected chi connectivity index (χ1v) is 5.48. The van der Waals surface area contributed by atoms with Crippen LogP contribution in [0.5, 0.6) is 0 Å². The van der Waals surface area contributed by atoms with Crippen LogP contribution in [-0.4, -0.2) is 30.1 Å². The summed E-state index contributed by atoms with van der Waals surface area (Å²) >= 11 is 5.78. The number of nitrogens with two attached hydrogens (primary N) is 1. The van der Waals surface area contributed by atoms with Crippen LogP contribution in [0, 0.1) is 0 Å². The summed E-state index contributed by atoms with van der Waals surface area (Å²) in [4.78, 5) is 15.6. The van der Waals surface area contributed by atoms with Gasteiger partial charge in [-0.3, -0.25) is 4.79 Å². The third kappa shape index (κ3) is 3.87. The summed E-state index contributed by atoms with van der Waals surface area (Å²) in [6, 6.07) is 1.49. The van der Waals surface area contributed by atoms with E-state index in [-0.39, 0.29) is 16.7 Å². The van der Waals surface area contributed by atoms with E-state index in [1.807, 2.05) is 13.8 Å². The zero-order valence-electron chi connectivity index (χ0n) is 10.1. The van der Waals surface area contributed by atoms with E-state index in [1.165, 1.54) is 12.3 Å². The second-order valence-electron chi connectivity index (χ2n) is 4.24. The number of rotatable bonds is 4. The van der Waals surface area contributed by atoms with Crippen molar-refractivity contribution in [2.75, 3.05) is 19.4 Å². The van der Waals surface area contributed by atoms with Crippen LogP contribution >= 0.6 is 11.6 Å². The van der Waals surface area contributed by atoms with Crippen LogP contribution in [-0.2, 0) is 4.74 Å². The number of nitrogen functional groups attached to an aromatic ring is 1. The smallest absolute Gasteiger partial charge is 0.253 e. The fourth-order valence-electron chi connectivity index (χ4n) is 1.04. The van der Waals surface area contributed by atoms with Gasteiger partial charge in [0.2, 0.25) is 0 Å². The van der Waals surface area contributed by atoms with Gasteiger partial charge in [0.25, 0.3) is 5.91 Å². The molecule has 1 amide bonds. The van der Waals surface area contributed by atoms with E-state index >= 15 is 0 Å². The van der Waals surface area contributed by atoms with Gasteiger partial charge in [0.05, 0.1) is 16.2 Å². The van der Waals surface area contributed by atoms with Gasteiger partial charge in [-0.25, -0.2) is 4.98 Å². The molecule has 0 bridgehead atoms. The fourth-order valence-corrected chi connectivity index (χ4v) is 1.21. The standard InChI is InChI=1S/C11H16ClN3O2/c1-11(2,17-3)6-15-10(16)7-4-8(12)9(13)14-5-7/h4-5H,6H2,1-3H3,(H2,13,14)(H,15,16). The third-order valence-electron chi connectivity index (χ3n) is 2.36. The average Bonchev–Trinajstić information content (AvgIpc) is 2.30. The minimum absolute atomic E-state index is 0.209. The SMILES string of the molecule is COC(C)(C)CNC(=O)c1cnc(N)c(Cl)c1. The molecule has 0 fully saturated rings. The number of nitrogens with zero attached hydrogens (tertiary/aromatic N) is 1. The van der Waals surface area contributed by atoms with Crippen molar-refractivity contribution in [1.82, 2.24) is 10.3 Å². The molecule has 0 aliphatic rings. The number of anilines is 1. The van der Waals surface area contributed by atoms with Crippen molar-refractivity contribution >= 4 is 23.3 Å². The highest BCUT2D eigenvalue weighted by Crippen LogP contribution is 2.16. The molecule has 0 atom stereocenters. The summed E-state index contributed by atoms with van der Waals surface area (Å²) in [5, 5.41) is 3.00. The molecule has 5 nitrogen and oxygen atoms in total. The molecule has 0 aliphatic carbocycles. The monoisotopic (exact) mass is 257 g/mol. The molecular weight excluding hydrogens is 242 g/mol. The van der Waals surface area contributed by atoms with Crippen molar-refractivity contribution in [2.45, 2.75) is 19.4 Å². The van der Waals surface area contributed by atoms with Crippen LogP contribution in [0.15, 0.2) is 12.3 Å². The molecule has 0 spiro atoms. The Morgan fingerprint density at radius 2 is 2.29 bits per heavy atom. The maximum absolute atomic E-state index is 11.8. The van der Waals surface area contributed by atoms with Crippen LogP contribution in [0.1, 0.15) is 24.2 Å². The number of pyridine rings is 1. The zero-order chi connectivity index (χ0) is 13.1. The molecule has 17 heavy (non-hydrogen) atoms. The number of aromatic nitrogens is 1. The number of carbonyl (C=O) groups is 1. The Balaban J connectivity index is 2.68. The molecule has 1 heterocycles. The van der Waals surface area contributed by atoms with Gasteiger partial charge in [-0.15, -0.1) is 0 Å². The van der Waals surface area contributed by atoms with E-state index in [0.717, 1.165) is 0 Å². The second kappa shape index (κ2) is 5.33.